The minimum atomic E-state index is -0.423. The quantitative estimate of drug-likeness (QED) is 0.887. The number of benzene rings is 1. The van der Waals surface area contributed by atoms with Gasteiger partial charge in [-0.1, -0.05) is 30.3 Å². The number of aliphatic hydroxyl groups is 1. The van der Waals surface area contributed by atoms with Crippen molar-refractivity contribution in [1.29, 1.82) is 0 Å². The van der Waals surface area contributed by atoms with E-state index in [9.17, 15) is 9.90 Å². The summed E-state index contributed by atoms with van der Waals surface area (Å²) in [6.45, 7) is 4.54. The smallest absolute Gasteiger partial charge is 0.223 e. The van der Waals surface area contributed by atoms with Crippen LogP contribution in [0.3, 0.4) is 0 Å². The summed E-state index contributed by atoms with van der Waals surface area (Å²) in [4.78, 5) is 14.0. The monoisotopic (exact) mass is 247 g/mol. The first-order valence-corrected chi connectivity index (χ1v) is 6.54. The zero-order valence-corrected chi connectivity index (χ0v) is 11.1. The molecule has 98 valence electrons. The van der Waals surface area contributed by atoms with Gasteiger partial charge in [0, 0.05) is 13.0 Å². The maximum atomic E-state index is 12.2. The first kappa shape index (κ1) is 13.1. The van der Waals surface area contributed by atoms with Crippen molar-refractivity contribution in [2.45, 2.75) is 44.8 Å². The van der Waals surface area contributed by atoms with Crippen LogP contribution < -0.4 is 0 Å². The van der Waals surface area contributed by atoms with Gasteiger partial charge in [0.1, 0.15) is 0 Å². The molecule has 1 saturated heterocycles. The first-order valence-electron chi connectivity index (χ1n) is 6.54. The molecule has 3 heteroatoms. The molecule has 1 unspecified atom stereocenters. The minimum Gasteiger partial charge on any atom is -0.391 e. The van der Waals surface area contributed by atoms with Crippen LogP contribution in [0.25, 0.3) is 0 Å². The molecule has 1 amide bonds. The van der Waals surface area contributed by atoms with E-state index >= 15 is 0 Å². The molecule has 2 rings (SSSR count). The second kappa shape index (κ2) is 5.11. The van der Waals surface area contributed by atoms with Crippen molar-refractivity contribution in [3.8, 4) is 0 Å². The van der Waals surface area contributed by atoms with Gasteiger partial charge in [-0.05, 0) is 32.3 Å². The lowest BCUT2D eigenvalue weighted by Gasteiger charge is -2.33. The van der Waals surface area contributed by atoms with Crippen molar-refractivity contribution >= 4 is 5.91 Å². The van der Waals surface area contributed by atoms with Crippen LogP contribution in [0, 0.1) is 0 Å². The number of carbonyl (C=O) groups excluding carboxylic acids is 1. The summed E-state index contributed by atoms with van der Waals surface area (Å²) in [5.74, 6) is 0.139. The van der Waals surface area contributed by atoms with Gasteiger partial charge in [0.25, 0.3) is 0 Å². The van der Waals surface area contributed by atoms with Crippen LogP contribution in [0.5, 0.6) is 0 Å². The van der Waals surface area contributed by atoms with Gasteiger partial charge in [0.2, 0.25) is 5.91 Å². The highest BCUT2D eigenvalue weighted by Crippen LogP contribution is 2.29. The van der Waals surface area contributed by atoms with Crippen molar-refractivity contribution in [2.24, 2.45) is 0 Å². The number of nitrogens with zero attached hydrogens (tertiary/aromatic N) is 1. The second-order valence-corrected chi connectivity index (χ2v) is 5.49. The average Bonchev–Trinajstić information content (AvgIpc) is 2.63. The van der Waals surface area contributed by atoms with Crippen LogP contribution in [0.1, 0.15) is 32.3 Å². The van der Waals surface area contributed by atoms with Crippen LogP contribution >= 0.6 is 0 Å². The van der Waals surface area contributed by atoms with Crippen LogP contribution in [-0.4, -0.2) is 34.1 Å². The van der Waals surface area contributed by atoms with Crippen molar-refractivity contribution < 1.29 is 9.90 Å². The molecule has 0 bridgehead atoms. The predicted octanol–water partition coefficient (Wildman–Crippen LogP) is 1.99. The summed E-state index contributed by atoms with van der Waals surface area (Å²) in [6, 6.07) is 10.0. The van der Waals surface area contributed by atoms with Gasteiger partial charge < -0.3 is 10.0 Å². The number of aliphatic hydroxyl groups excluding tert-OH is 1. The fourth-order valence-corrected chi connectivity index (χ4v) is 2.55. The molecular formula is C15H21NO2. The van der Waals surface area contributed by atoms with E-state index in [1.54, 1.807) is 0 Å². The highest BCUT2D eigenvalue weighted by atomic mass is 16.3. The van der Waals surface area contributed by atoms with Gasteiger partial charge in [0.05, 0.1) is 11.6 Å². The lowest BCUT2D eigenvalue weighted by molar-refractivity contribution is -0.136. The Kier molecular flexibility index (Phi) is 3.71. The fourth-order valence-electron chi connectivity index (χ4n) is 2.55. The van der Waals surface area contributed by atoms with Gasteiger partial charge in [-0.25, -0.2) is 0 Å². The molecule has 1 aromatic rings. The Morgan fingerprint density at radius 2 is 2.06 bits per heavy atom. The highest BCUT2D eigenvalue weighted by molar-refractivity contribution is 5.77. The van der Waals surface area contributed by atoms with Gasteiger partial charge in [-0.2, -0.15) is 0 Å². The van der Waals surface area contributed by atoms with Crippen LogP contribution in [0.4, 0.5) is 0 Å². The normalized spacial score (nSPS) is 22.2. The van der Waals surface area contributed by atoms with E-state index in [-0.39, 0.29) is 5.91 Å². The van der Waals surface area contributed by atoms with Crippen molar-refractivity contribution in [3.63, 3.8) is 0 Å². The van der Waals surface area contributed by atoms with E-state index in [4.69, 9.17) is 0 Å². The molecule has 0 spiro atoms. The molecule has 0 aromatic heterocycles. The molecule has 0 aliphatic carbocycles. The molecule has 3 nitrogen and oxygen atoms in total. The zero-order valence-electron chi connectivity index (χ0n) is 11.1. The zero-order chi connectivity index (χ0) is 13.2. The standard InChI is InChI=1S/C15H21NO2/c1-15(2)13(17)10-11-16(15)14(18)9-8-12-6-4-3-5-7-12/h3-7,13,17H,8-11H2,1-2H3. The maximum Gasteiger partial charge on any atom is 0.223 e. The lowest BCUT2D eigenvalue weighted by Crippen LogP contribution is -2.48. The van der Waals surface area contributed by atoms with E-state index < -0.39 is 11.6 Å². The molecule has 1 atom stereocenters. The Bertz CT molecular complexity index is 414. The maximum absolute atomic E-state index is 12.2. The van der Waals surface area contributed by atoms with E-state index in [1.165, 1.54) is 5.56 Å². The molecule has 1 N–H and O–H groups in total. The SMILES string of the molecule is CC1(C)C(O)CCN1C(=O)CCc1ccccc1. The number of aryl methyl sites for hydroxylation is 1. The van der Waals surface area contributed by atoms with Gasteiger partial charge in [-0.15, -0.1) is 0 Å². The summed E-state index contributed by atoms with van der Waals surface area (Å²) >= 11 is 0. The third kappa shape index (κ3) is 2.56. The fraction of sp³-hybridized carbons (Fsp3) is 0.533. The molecule has 1 aliphatic rings. The Morgan fingerprint density at radius 1 is 1.39 bits per heavy atom. The molecule has 1 heterocycles. The first-order chi connectivity index (χ1) is 8.51. The number of amides is 1. The number of carbonyl (C=O) groups is 1. The topological polar surface area (TPSA) is 40.5 Å². The Hall–Kier alpha value is -1.35. The van der Waals surface area contributed by atoms with E-state index in [1.807, 2.05) is 49.1 Å². The molecule has 1 aliphatic heterocycles. The summed E-state index contributed by atoms with van der Waals surface area (Å²) in [5.41, 5.74) is 0.761. The summed E-state index contributed by atoms with van der Waals surface area (Å²) in [6.07, 6.45) is 1.56. The molecule has 0 radical (unpaired) electrons. The van der Waals surface area contributed by atoms with Crippen molar-refractivity contribution in [2.75, 3.05) is 6.54 Å². The van der Waals surface area contributed by atoms with E-state index in [2.05, 4.69) is 0 Å². The highest BCUT2D eigenvalue weighted by Gasteiger charge is 2.42. The third-order valence-electron chi connectivity index (χ3n) is 3.91. The van der Waals surface area contributed by atoms with Gasteiger partial charge in [0.15, 0.2) is 0 Å². The van der Waals surface area contributed by atoms with Crippen LogP contribution in [0.15, 0.2) is 30.3 Å². The summed E-state index contributed by atoms with van der Waals surface area (Å²) in [7, 11) is 0. The number of likely N-dealkylation sites (tertiary alicyclic amines) is 1. The number of rotatable bonds is 3. The molecule has 18 heavy (non-hydrogen) atoms. The molecular weight excluding hydrogens is 226 g/mol. The van der Waals surface area contributed by atoms with Crippen molar-refractivity contribution in [3.05, 3.63) is 35.9 Å². The number of hydrogen-bond acceptors (Lipinski definition) is 2. The van der Waals surface area contributed by atoms with Crippen molar-refractivity contribution in [1.82, 2.24) is 4.90 Å². The van der Waals surface area contributed by atoms with E-state index in [0.717, 1.165) is 6.42 Å². The predicted molar refractivity (Wildman–Crippen MR) is 71.2 cm³/mol. The van der Waals surface area contributed by atoms with Gasteiger partial charge >= 0.3 is 0 Å². The summed E-state index contributed by atoms with van der Waals surface area (Å²) < 4.78 is 0. The van der Waals surface area contributed by atoms with Crippen LogP contribution in [-0.2, 0) is 11.2 Å². The average molecular weight is 247 g/mol. The number of hydrogen-bond donors (Lipinski definition) is 1. The minimum absolute atomic E-state index is 0.139. The Morgan fingerprint density at radius 3 is 2.61 bits per heavy atom. The second-order valence-electron chi connectivity index (χ2n) is 5.49. The Labute approximate surface area is 108 Å². The van der Waals surface area contributed by atoms with Crippen LogP contribution in [0.2, 0.25) is 0 Å². The largest absolute Gasteiger partial charge is 0.391 e. The third-order valence-corrected chi connectivity index (χ3v) is 3.91. The lowest BCUT2D eigenvalue weighted by atomic mass is 9.98. The Balaban J connectivity index is 1.93. The molecule has 1 fully saturated rings. The van der Waals surface area contributed by atoms with Gasteiger partial charge in [-0.3, -0.25) is 4.79 Å². The molecule has 1 aromatic carbocycles. The van der Waals surface area contributed by atoms with E-state index in [0.29, 0.717) is 19.4 Å². The molecule has 0 saturated carbocycles. The summed E-state index contributed by atoms with van der Waals surface area (Å²) in [5, 5.41) is 9.87.